The van der Waals surface area contributed by atoms with Crippen molar-refractivity contribution in [1.29, 1.82) is 0 Å². The Morgan fingerprint density at radius 3 is 2.37 bits per heavy atom. The Hall–Kier alpha value is -2.16. The molecule has 0 radical (unpaired) electrons. The lowest BCUT2D eigenvalue weighted by Crippen LogP contribution is -2.60. The van der Waals surface area contributed by atoms with Crippen molar-refractivity contribution in [3.05, 3.63) is 59.2 Å². The first-order valence-electron chi connectivity index (χ1n) is 10.1. The molecule has 164 valence electrons. The number of ether oxygens (including phenoxy) is 3. The first-order valence-corrected chi connectivity index (χ1v) is 10.1. The van der Waals surface area contributed by atoms with Gasteiger partial charge in [-0.25, -0.2) is 0 Å². The molecule has 0 bridgehead atoms. The van der Waals surface area contributed by atoms with Crippen LogP contribution in [-0.4, -0.2) is 65.2 Å². The number of aliphatic hydroxyl groups excluding tert-OH is 4. The Morgan fingerprint density at radius 2 is 1.77 bits per heavy atom. The molecule has 0 spiro atoms. The number of hydrogen-bond acceptors (Lipinski definition) is 7. The lowest BCUT2D eigenvalue weighted by Gasteiger charge is -2.45. The minimum Gasteiger partial charge on any atom is -0.496 e. The van der Waals surface area contributed by atoms with E-state index in [1.54, 1.807) is 7.11 Å². The second-order valence-corrected chi connectivity index (χ2v) is 7.56. The molecule has 1 heterocycles. The molecular formula is C23H30O7. The van der Waals surface area contributed by atoms with Crippen LogP contribution in [0.15, 0.2) is 42.5 Å². The quantitative estimate of drug-likeness (QED) is 0.516. The average molecular weight is 418 g/mol. The Labute approximate surface area is 176 Å². The van der Waals surface area contributed by atoms with E-state index in [-0.39, 0.29) is 6.42 Å². The van der Waals surface area contributed by atoms with Crippen molar-refractivity contribution in [3.63, 3.8) is 0 Å². The molecule has 0 saturated carbocycles. The number of hydrogen-bond donors (Lipinski definition) is 4. The van der Waals surface area contributed by atoms with Crippen molar-refractivity contribution in [1.82, 2.24) is 0 Å². The predicted molar refractivity (Wildman–Crippen MR) is 111 cm³/mol. The van der Waals surface area contributed by atoms with E-state index in [1.807, 2.05) is 49.4 Å². The molecule has 0 aromatic heterocycles. The molecule has 2 aromatic rings. The van der Waals surface area contributed by atoms with E-state index >= 15 is 0 Å². The van der Waals surface area contributed by atoms with Gasteiger partial charge in [0.25, 0.3) is 0 Å². The van der Waals surface area contributed by atoms with Gasteiger partial charge in [-0.1, -0.05) is 18.2 Å². The van der Waals surface area contributed by atoms with Crippen LogP contribution >= 0.6 is 0 Å². The van der Waals surface area contributed by atoms with Gasteiger partial charge in [-0.3, -0.25) is 0 Å². The summed E-state index contributed by atoms with van der Waals surface area (Å²) in [7, 11) is 1.61. The molecule has 1 aliphatic rings. The predicted octanol–water partition coefficient (Wildman–Crippen LogP) is 1.59. The third-order valence-corrected chi connectivity index (χ3v) is 5.58. The van der Waals surface area contributed by atoms with Crippen molar-refractivity contribution in [2.45, 2.75) is 43.7 Å². The minimum atomic E-state index is -1.61. The van der Waals surface area contributed by atoms with E-state index in [1.165, 1.54) is 0 Å². The van der Waals surface area contributed by atoms with E-state index in [0.717, 1.165) is 28.2 Å². The van der Waals surface area contributed by atoms with Crippen LogP contribution in [-0.2, 0) is 11.2 Å². The van der Waals surface area contributed by atoms with Gasteiger partial charge < -0.3 is 34.6 Å². The van der Waals surface area contributed by atoms with Gasteiger partial charge in [-0.2, -0.15) is 0 Å². The van der Waals surface area contributed by atoms with Crippen molar-refractivity contribution in [2.24, 2.45) is 0 Å². The van der Waals surface area contributed by atoms with Gasteiger partial charge in [0.05, 0.1) is 39.1 Å². The van der Waals surface area contributed by atoms with Crippen LogP contribution in [0.25, 0.3) is 0 Å². The fourth-order valence-electron chi connectivity index (χ4n) is 3.84. The first kappa shape index (κ1) is 22.5. The summed E-state index contributed by atoms with van der Waals surface area (Å²) < 4.78 is 16.9. The summed E-state index contributed by atoms with van der Waals surface area (Å²) in [6, 6.07) is 13.4. The van der Waals surface area contributed by atoms with Crippen molar-refractivity contribution in [2.75, 3.05) is 26.9 Å². The number of aliphatic hydroxyl groups is 4. The van der Waals surface area contributed by atoms with Crippen LogP contribution < -0.4 is 9.47 Å². The molecule has 0 amide bonds. The molecule has 7 nitrogen and oxygen atoms in total. The summed E-state index contributed by atoms with van der Waals surface area (Å²) in [6.07, 6.45) is -2.32. The van der Waals surface area contributed by atoms with Gasteiger partial charge in [-0.05, 0) is 47.9 Å². The Kier molecular flexibility index (Phi) is 7.33. The molecule has 1 fully saturated rings. The highest BCUT2D eigenvalue weighted by Gasteiger charge is 2.49. The lowest BCUT2D eigenvalue weighted by atomic mass is 9.85. The van der Waals surface area contributed by atoms with Crippen molar-refractivity contribution >= 4 is 0 Å². The standard InChI is InChI=1S/C23H30O7/c1-3-29-18-7-4-15(5-8-18)10-17-11-16(6-9-20(17)28-2)21-12-19(26)22(27)23(13-24,14-25)30-21/h4-9,11,19,21-22,24-27H,3,10,12-14H2,1-2H3. The Morgan fingerprint density at radius 1 is 1.07 bits per heavy atom. The molecule has 1 saturated heterocycles. The highest BCUT2D eigenvalue weighted by molar-refractivity contribution is 5.42. The maximum absolute atomic E-state index is 10.3. The summed E-state index contributed by atoms with van der Waals surface area (Å²) in [5.74, 6) is 1.54. The zero-order valence-corrected chi connectivity index (χ0v) is 17.3. The summed E-state index contributed by atoms with van der Waals surface area (Å²) in [6.45, 7) is 1.34. The van der Waals surface area contributed by atoms with Gasteiger partial charge in [-0.15, -0.1) is 0 Å². The van der Waals surface area contributed by atoms with Crippen LogP contribution in [0.5, 0.6) is 11.5 Å². The largest absolute Gasteiger partial charge is 0.496 e. The van der Waals surface area contributed by atoms with Gasteiger partial charge in [0.1, 0.15) is 23.2 Å². The fraction of sp³-hybridized carbons (Fsp3) is 0.478. The van der Waals surface area contributed by atoms with Crippen LogP contribution in [0.1, 0.15) is 36.1 Å². The van der Waals surface area contributed by atoms with E-state index in [4.69, 9.17) is 14.2 Å². The van der Waals surface area contributed by atoms with Gasteiger partial charge in [0.2, 0.25) is 0 Å². The smallest absolute Gasteiger partial charge is 0.143 e. The monoisotopic (exact) mass is 418 g/mol. The van der Waals surface area contributed by atoms with Crippen LogP contribution in [0, 0.1) is 0 Å². The Balaban J connectivity index is 1.86. The SMILES string of the molecule is CCOc1ccc(Cc2cc(C3CC(O)C(O)C(CO)(CO)O3)ccc2OC)cc1. The zero-order valence-electron chi connectivity index (χ0n) is 17.3. The second kappa shape index (κ2) is 9.76. The number of methoxy groups -OCH3 is 1. The fourth-order valence-corrected chi connectivity index (χ4v) is 3.84. The molecule has 4 N–H and O–H groups in total. The summed E-state index contributed by atoms with van der Waals surface area (Å²) in [4.78, 5) is 0. The third-order valence-electron chi connectivity index (χ3n) is 5.58. The van der Waals surface area contributed by atoms with E-state index in [9.17, 15) is 20.4 Å². The highest BCUT2D eigenvalue weighted by atomic mass is 16.6. The van der Waals surface area contributed by atoms with E-state index in [2.05, 4.69) is 0 Å². The Bertz CT molecular complexity index is 817. The van der Waals surface area contributed by atoms with Gasteiger partial charge >= 0.3 is 0 Å². The molecule has 2 aromatic carbocycles. The van der Waals surface area contributed by atoms with Crippen molar-refractivity contribution < 1.29 is 34.6 Å². The molecule has 7 heteroatoms. The van der Waals surface area contributed by atoms with Gasteiger partial charge in [0, 0.05) is 12.8 Å². The molecular weight excluding hydrogens is 388 g/mol. The molecule has 30 heavy (non-hydrogen) atoms. The third kappa shape index (κ3) is 4.61. The zero-order chi connectivity index (χ0) is 21.7. The summed E-state index contributed by atoms with van der Waals surface area (Å²) >= 11 is 0. The van der Waals surface area contributed by atoms with E-state index < -0.39 is 37.1 Å². The molecule has 0 aliphatic carbocycles. The lowest BCUT2D eigenvalue weighted by molar-refractivity contribution is -0.254. The van der Waals surface area contributed by atoms with Crippen molar-refractivity contribution in [3.8, 4) is 11.5 Å². The van der Waals surface area contributed by atoms with Crippen LogP contribution in [0.3, 0.4) is 0 Å². The molecule has 3 unspecified atom stereocenters. The normalized spacial score (nSPS) is 23.2. The highest BCUT2D eigenvalue weighted by Crippen LogP contribution is 2.39. The van der Waals surface area contributed by atoms with Crippen LogP contribution in [0.4, 0.5) is 0 Å². The number of rotatable bonds is 8. The number of benzene rings is 2. The summed E-state index contributed by atoms with van der Waals surface area (Å²) in [5.41, 5.74) is 1.17. The maximum atomic E-state index is 10.3. The molecule has 1 aliphatic heterocycles. The average Bonchev–Trinajstić information content (AvgIpc) is 2.77. The van der Waals surface area contributed by atoms with Gasteiger partial charge in [0.15, 0.2) is 0 Å². The van der Waals surface area contributed by atoms with Crippen LogP contribution in [0.2, 0.25) is 0 Å². The van der Waals surface area contributed by atoms with E-state index in [0.29, 0.717) is 13.0 Å². The molecule has 3 rings (SSSR count). The first-order chi connectivity index (χ1) is 14.5. The second-order valence-electron chi connectivity index (χ2n) is 7.56. The topological polar surface area (TPSA) is 109 Å². The summed E-state index contributed by atoms with van der Waals surface area (Å²) in [5, 5.41) is 39.9. The molecule has 3 atom stereocenters. The minimum absolute atomic E-state index is 0.151. The maximum Gasteiger partial charge on any atom is 0.143 e.